The van der Waals surface area contributed by atoms with Crippen LogP contribution in [0.5, 0.6) is 5.88 Å². The van der Waals surface area contributed by atoms with Crippen LogP contribution in [0.15, 0.2) is 128 Å². The number of rotatable bonds is 15. The zero-order valence-corrected chi connectivity index (χ0v) is 36.4. The van der Waals surface area contributed by atoms with Crippen molar-refractivity contribution in [3.63, 3.8) is 0 Å². The number of methoxy groups -OCH3 is 1. The van der Waals surface area contributed by atoms with Crippen LogP contribution in [0.1, 0.15) is 54.0 Å². The van der Waals surface area contributed by atoms with E-state index in [0.717, 1.165) is 6.42 Å². The monoisotopic (exact) mass is 799 g/mol. The SMILES string of the molecule is COCCOc1ncnc2c1nc(N)n2[C@@H]1C[C@H](CO[Si](c2ccccc2)(c2ccccc2)C(C)(C)C)[C@H]1CO[Si](c1ccccc1)(c1ccccc1)C(C)(C)C. The molecule has 1 saturated carbocycles. The molecule has 1 aliphatic carbocycles. The molecular weight excluding hydrogens is 743 g/mol. The number of benzene rings is 4. The summed E-state index contributed by atoms with van der Waals surface area (Å²) in [6.07, 6.45) is 2.35. The van der Waals surface area contributed by atoms with Crippen molar-refractivity contribution in [3.05, 3.63) is 128 Å². The third-order valence-corrected chi connectivity index (χ3v) is 21.8. The summed E-state index contributed by atoms with van der Waals surface area (Å²) < 4.78 is 28.6. The molecule has 0 amide bonds. The molecule has 2 heterocycles. The number of aromatic nitrogens is 4. The van der Waals surface area contributed by atoms with Crippen molar-refractivity contribution < 1.29 is 18.3 Å². The molecule has 0 radical (unpaired) electrons. The van der Waals surface area contributed by atoms with Gasteiger partial charge in [-0.1, -0.05) is 163 Å². The van der Waals surface area contributed by atoms with E-state index in [4.69, 9.17) is 34.0 Å². The molecule has 1 fully saturated rings. The number of nitrogen functional groups attached to an aromatic ring is 1. The van der Waals surface area contributed by atoms with Gasteiger partial charge >= 0.3 is 0 Å². The van der Waals surface area contributed by atoms with Gasteiger partial charge < -0.3 is 24.1 Å². The molecule has 0 unspecified atom stereocenters. The maximum Gasteiger partial charge on any atom is 0.261 e. The Morgan fingerprint density at radius 1 is 0.649 bits per heavy atom. The first kappa shape index (κ1) is 40.5. The molecule has 0 bridgehead atoms. The van der Waals surface area contributed by atoms with E-state index in [-0.39, 0.29) is 28.0 Å². The number of ether oxygens (including phenoxy) is 2. The highest BCUT2D eigenvalue weighted by atomic mass is 28.4. The summed E-state index contributed by atoms with van der Waals surface area (Å²) >= 11 is 0. The van der Waals surface area contributed by atoms with Gasteiger partial charge in [0, 0.05) is 32.3 Å². The second kappa shape index (κ2) is 16.7. The molecule has 2 aromatic heterocycles. The Morgan fingerprint density at radius 2 is 1.11 bits per heavy atom. The molecule has 2 N–H and O–H groups in total. The summed E-state index contributed by atoms with van der Waals surface area (Å²) in [7, 11) is -4.04. The average molecular weight is 800 g/mol. The average Bonchev–Trinajstić information content (AvgIpc) is 3.53. The number of hydrogen-bond acceptors (Lipinski definition) is 8. The Labute approximate surface area is 339 Å². The summed E-state index contributed by atoms with van der Waals surface area (Å²) in [5.74, 6) is 0.991. The highest BCUT2D eigenvalue weighted by molar-refractivity contribution is 7.00. The smallest absolute Gasteiger partial charge is 0.261 e. The molecule has 7 rings (SSSR count). The molecule has 3 atom stereocenters. The molecule has 11 heteroatoms. The van der Waals surface area contributed by atoms with Crippen LogP contribution < -0.4 is 31.2 Å². The highest BCUT2D eigenvalue weighted by Gasteiger charge is 2.55. The van der Waals surface area contributed by atoms with Crippen molar-refractivity contribution in [2.75, 3.05) is 39.3 Å². The predicted octanol–water partition coefficient (Wildman–Crippen LogP) is 6.76. The molecule has 298 valence electrons. The Bertz CT molecular complexity index is 2130. The number of hydrogen-bond donors (Lipinski definition) is 1. The summed E-state index contributed by atoms with van der Waals surface area (Å²) in [6, 6.07) is 43.4. The van der Waals surface area contributed by atoms with Crippen LogP contribution in [0, 0.1) is 11.8 Å². The largest absolute Gasteiger partial charge is 0.474 e. The fourth-order valence-electron chi connectivity index (χ4n) is 9.05. The number of imidazole rings is 1. The summed E-state index contributed by atoms with van der Waals surface area (Å²) in [6.45, 7) is 15.8. The predicted molar refractivity (Wildman–Crippen MR) is 235 cm³/mol. The van der Waals surface area contributed by atoms with Crippen LogP contribution in [-0.2, 0) is 13.6 Å². The van der Waals surface area contributed by atoms with Gasteiger partial charge in [-0.25, -0.2) is 9.97 Å². The minimum Gasteiger partial charge on any atom is -0.474 e. The lowest BCUT2D eigenvalue weighted by atomic mass is 9.70. The Morgan fingerprint density at radius 3 is 1.54 bits per heavy atom. The maximum atomic E-state index is 7.69. The van der Waals surface area contributed by atoms with Gasteiger partial charge in [0.25, 0.3) is 16.6 Å². The number of fused-ring (bicyclic) bond motifs is 1. The van der Waals surface area contributed by atoms with Crippen LogP contribution in [0.25, 0.3) is 11.2 Å². The van der Waals surface area contributed by atoms with Gasteiger partial charge in [-0.05, 0) is 43.2 Å². The first-order valence-electron chi connectivity index (χ1n) is 20.0. The standard InChI is InChI=1S/C46H57N5O4Si2/c1-45(2,3)56(35-20-12-8-13-21-35,36-22-14-9-15-23-36)54-31-34-30-40(51-42-41(50-44(51)47)43(49-33-48-42)53-29-28-52-7)39(34)32-55-57(46(4,5)6,37-24-16-10-17-25-37)38-26-18-11-19-27-38/h8-27,33-34,39-40H,28-32H2,1-7H3,(H2,47,50)/t34-,39-,40-/m1/s1. The molecule has 9 nitrogen and oxygen atoms in total. The second-order valence-corrected chi connectivity index (χ2v) is 25.8. The van der Waals surface area contributed by atoms with E-state index in [2.05, 4.69) is 172 Å². The van der Waals surface area contributed by atoms with Gasteiger partial charge in [0.15, 0.2) is 11.2 Å². The quantitative estimate of drug-likeness (QED) is 0.0898. The number of nitrogens with two attached hydrogens (primary N) is 1. The van der Waals surface area contributed by atoms with Crippen LogP contribution in [0.2, 0.25) is 10.1 Å². The molecule has 1 aliphatic rings. The molecule has 0 spiro atoms. The molecule has 0 saturated heterocycles. The van der Waals surface area contributed by atoms with E-state index < -0.39 is 16.6 Å². The minimum atomic E-state index is -2.87. The zero-order chi connectivity index (χ0) is 40.3. The second-order valence-electron chi connectivity index (χ2n) is 17.2. The van der Waals surface area contributed by atoms with Crippen molar-refractivity contribution in [2.24, 2.45) is 11.8 Å². The normalized spacial score (nSPS) is 17.7. The van der Waals surface area contributed by atoms with E-state index >= 15 is 0 Å². The Balaban J connectivity index is 1.31. The van der Waals surface area contributed by atoms with Crippen molar-refractivity contribution in [2.45, 2.75) is 64.1 Å². The topological polar surface area (TPSA) is 107 Å². The first-order valence-corrected chi connectivity index (χ1v) is 23.8. The lowest BCUT2D eigenvalue weighted by Gasteiger charge is -2.51. The van der Waals surface area contributed by atoms with E-state index in [0.29, 0.717) is 49.4 Å². The van der Waals surface area contributed by atoms with Crippen LogP contribution in [-0.4, -0.2) is 69.7 Å². The van der Waals surface area contributed by atoms with Gasteiger partial charge in [-0.3, -0.25) is 4.57 Å². The van der Waals surface area contributed by atoms with Crippen molar-refractivity contribution >= 4 is 54.5 Å². The minimum absolute atomic E-state index is 0.0392. The lowest BCUT2D eigenvalue weighted by Crippen LogP contribution is -2.68. The highest BCUT2D eigenvalue weighted by Crippen LogP contribution is 2.49. The van der Waals surface area contributed by atoms with Gasteiger partial charge in [0.05, 0.1) is 6.61 Å². The molecule has 6 aromatic rings. The van der Waals surface area contributed by atoms with Gasteiger partial charge in [0.1, 0.15) is 12.9 Å². The van der Waals surface area contributed by atoms with E-state index in [9.17, 15) is 0 Å². The fraction of sp³-hybridized carbons (Fsp3) is 0.370. The summed E-state index contributed by atoms with van der Waals surface area (Å²) in [5, 5.41) is 4.69. The Hall–Kier alpha value is -4.66. The summed E-state index contributed by atoms with van der Waals surface area (Å²) in [4.78, 5) is 13.9. The van der Waals surface area contributed by atoms with Crippen molar-refractivity contribution in [1.29, 1.82) is 0 Å². The third-order valence-electron chi connectivity index (χ3n) is 11.8. The number of nitrogens with zero attached hydrogens (tertiary/aromatic N) is 4. The van der Waals surface area contributed by atoms with Crippen molar-refractivity contribution in [1.82, 2.24) is 19.5 Å². The van der Waals surface area contributed by atoms with E-state index in [1.807, 2.05) is 0 Å². The maximum absolute atomic E-state index is 7.69. The van der Waals surface area contributed by atoms with Crippen LogP contribution >= 0.6 is 0 Å². The van der Waals surface area contributed by atoms with Gasteiger partial charge in [-0.2, -0.15) is 4.98 Å². The third kappa shape index (κ3) is 7.59. The fourth-order valence-corrected chi connectivity index (χ4v) is 18.3. The zero-order valence-electron chi connectivity index (χ0n) is 34.4. The molecule has 57 heavy (non-hydrogen) atoms. The molecular formula is C46H57N5O4Si2. The van der Waals surface area contributed by atoms with E-state index in [1.165, 1.54) is 27.1 Å². The lowest BCUT2D eigenvalue weighted by molar-refractivity contribution is 0.00408. The van der Waals surface area contributed by atoms with Crippen LogP contribution in [0.4, 0.5) is 5.95 Å². The van der Waals surface area contributed by atoms with Crippen LogP contribution in [0.3, 0.4) is 0 Å². The van der Waals surface area contributed by atoms with Gasteiger partial charge in [-0.15, -0.1) is 0 Å². The van der Waals surface area contributed by atoms with Gasteiger partial charge in [0.2, 0.25) is 11.8 Å². The number of anilines is 1. The molecule has 0 aliphatic heterocycles. The first-order chi connectivity index (χ1) is 27.4. The molecule has 4 aromatic carbocycles. The van der Waals surface area contributed by atoms with E-state index in [1.54, 1.807) is 7.11 Å². The van der Waals surface area contributed by atoms with Crippen molar-refractivity contribution in [3.8, 4) is 5.88 Å². The summed E-state index contributed by atoms with van der Waals surface area (Å²) in [5.41, 5.74) is 8.03. The Kier molecular flexibility index (Phi) is 11.9.